The lowest BCUT2D eigenvalue weighted by atomic mass is 9.98. The maximum absolute atomic E-state index is 9.81. The van der Waals surface area contributed by atoms with E-state index >= 15 is 0 Å². The van der Waals surface area contributed by atoms with Crippen molar-refractivity contribution in [3.05, 3.63) is 0 Å². The second-order valence-corrected chi connectivity index (χ2v) is 4.68. The number of rotatable bonds is 2. The second kappa shape index (κ2) is 4.60. The van der Waals surface area contributed by atoms with Gasteiger partial charge in [0.05, 0.1) is 12.7 Å². The Morgan fingerprint density at radius 2 is 2.29 bits per heavy atom. The Hall–Kier alpha value is -0.120. The van der Waals surface area contributed by atoms with Crippen molar-refractivity contribution < 1.29 is 9.84 Å². The third kappa shape index (κ3) is 2.27. The molecule has 3 nitrogen and oxygen atoms in total. The molecule has 2 aliphatic rings. The van der Waals surface area contributed by atoms with Crippen molar-refractivity contribution in [3.8, 4) is 0 Å². The van der Waals surface area contributed by atoms with Crippen molar-refractivity contribution in [2.24, 2.45) is 5.92 Å². The van der Waals surface area contributed by atoms with E-state index in [4.69, 9.17) is 4.74 Å². The van der Waals surface area contributed by atoms with Crippen molar-refractivity contribution in [2.45, 2.75) is 38.3 Å². The SMILES string of the molecule is CC1CCCN1CC1COCCC1O. The Morgan fingerprint density at radius 3 is 2.93 bits per heavy atom. The van der Waals surface area contributed by atoms with E-state index in [1.54, 1.807) is 0 Å². The molecule has 3 heteroatoms. The minimum Gasteiger partial charge on any atom is -0.393 e. The molecule has 0 bridgehead atoms. The van der Waals surface area contributed by atoms with Crippen molar-refractivity contribution in [2.75, 3.05) is 26.3 Å². The number of nitrogens with zero attached hydrogens (tertiary/aromatic N) is 1. The van der Waals surface area contributed by atoms with Crippen LogP contribution in [0.15, 0.2) is 0 Å². The van der Waals surface area contributed by atoms with E-state index in [9.17, 15) is 5.11 Å². The van der Waals surface area contributed by atoms with E-state index in [1.165, 1.54) is 19.4 Å². The van der Waals surface area contributed by atoms with Gasteiger partial charge in [-0.1, -0.05) is 0 Å². The third-order valence-corrected chi connectivity index (χ3v) is 3.59. The predicted molar refractivity (Wildman–Crippen MR) is 55.2 cm³/mol. The highest BCUT2D eigenvalue weighted by molar-refractivity contribution is 4.81. The first-order valence-corrected chi connectivity index (χ1v) is 5.77. The van der Waals surface area contributed by atoms with Crippen LogP contribution < -0.4 is 0 Å². The van der Waals surface area contributed by atoms with E-state index in [-0.39, 0.29) is 6.10 Å². The van der Waals surface area contributed by atoms with Crippen LogP contribution in [0.25, 0.3) is 0 Å². The smallest absolute Gasteiger partial charge is 0.0624 e. The normalized spacial score (nSPS) is 40.3. The minimum atomic E-state index is -0.142. The maximum Gasteiger partial charge on any atom is 0.0624 e. The zero-order valence-corrected chi connectivity index (χ0v) is 8.98. The van der Waals surface area contributed by atoms with Gasteiger partial charge in [0, 0.05) is 25.1 Å². The largest absolute Gasteiger partial charge is 0.393 e. The molecule has 2 saturated heterocycles. The molecule has 2 heterocycles. The Labute approximate surface area is 86.0 Å². The van der Waals surface area contributed by atoms with Gasteiger partial charge in [-0.25, -0.2) is 0 Å². The van der Waals surface area contributed by atoms with E-state index in [0.717, 1.165) is 26.2 Å². The summed E-state index contributed by atoms with van der Waals surface area (Å²) in [6.45, 7) is 5.97. The van der Waals surface area contributed by atoms with Gasteiger partial charge in [-0.3, -0.25) is 0 Å². The summed E-state index contributed by atoms with van der Waals surface area (Å²) in [6.07, 6.45) is 3.29. The minimum absolute atomic E-state index is 0.142. The van der Waals surface area contributed by atoms with Gasteiger partial charge >= 0.3 is 0 Å². The maximum atomic E-state index is 9.81. The second-order valence-electron chi connectivity index (χ2n) is 4.68. The summed E-state index contributed by atoms with van der Waals surface area (Å²) in [7, 11) is 0. The predicted octanol–water partition coefficient (Wildman–Crippen LogP) is 0.868. The lowest BCUT2D eigenvalue weighted by molar-refractivity contribution is -0.0471. The summed E-state index contributed by atoms with van der Waals surface area (Å²) >= 11 is 0. The first-order chi connectivity index (χ1) is 6.77. The van der Waals surface area contributed by atoms with Crippen LogP contribution >= 0.6 is 0 Å². The van der Waals surface area contributed by atoms with Gasteiger partial charge in [-0.05, 0) is 32.7 Å². The summed E-state index contributed by atoms with van der Waals surface area (Å²) in [5, 5.41) is 9.81. The van der Waals surface area contributed by atoms with Crippen LogP contribution in [0, 0.1) is 5.92 Å². The van der Waals surface area contributed by atoms with Gasteiger partial charge in [0.25, 0.3) is 0 Å². The molecule has 0 aromatic rings. The fourth-order valence-electron chi connectivity index (χ4n) is 2.53. The van der Waals surface area contributed by atoms with E-state index in [2.05, 4.69) is 11.8 Å². The van der Waals surface area contributed by atoms with Gasteiger partial charge in [-0.2, -0.15) is 0 Å². The fraction of sp³-hybridized carbons (Fsp3) is 1.00. The highest BCUT2D eigenvalue weighted by Crippen LogP contribution is 2.22. The van der Waals surface area contributed by atoms with Gasteiger partial charge in [-0.15, -0.1) is 0 Å². The average molecular weight is 199 g/mol. The first-order valence-electron chi connectivity index (χ1n) is 5.77. The van der Waals surface area contributed by atoms with E-state index in [0.29, 0.717) is 12.0 Å². The Bertz CT molecular complexity index is 186. The van der Waals surface area contributed by atoms with Crippen LogP contribution in [0.1, 0.15) is 26.2 Å². The van der Waals surface area contributed by atoms with E-state index in [1.807, 2.05) is 0 Å². The quantitative estimate of drug-likeness (QED) is 0.716. The van der Waals surface area contributed by atoms with Crippen LogP contribution in [-0.4, -0.2) is 48.5 Å². The zero-order valence-electron chi connectivity index (χ0n) is 8.98. The van der Waals surface area contributed by atoms with Crippen LogP contribution in [-0.2, 0) is 4.74 Å². The molecule has 0 amide bonds. The summed E-state index contributed by atoms with van der Waals surface area (Å²) in [6, 6.07) is 0.698. The molecule has 2 aliphatic heterocycles. The molecule has 0 aromatic heterocycles. The highest BCUT2D eigenvalue weighted by Gasteiger charge is 2.29. The topological polar surface area (TPSA) is 32.7 Å². The molecule has 82 valence electrons. The van der Waals surface area contributed by atoms with Crippen LogP contribution in [0.3, 0.4) is 0 Å². The third-order valence-electron chi connectivity index (χ3n) is 3.59. The molecule has 0 saturated carbocycles. The highest BCUT2D eigenvalue weighted by atomic mass is 16.5. The molecule has 0 aromatic carbocycles. The summed E-state index contributed by atoms with van der Waals surface area (Å²) in [5.74, 6) is 0.337. The lowest BCUT2D eigenvalue weighted by Gasteiger charge is -2.32. The summed E-state index contributed by atoms with van der Waals surface area (Å²) in [4.78, 5) is 2.49. The molecular weight excluding hydrogens is 178 g/mol. The fourth-order valence-corrected chi connectivity index (χ4v) is 2.53. The lowest BCUT2D eigenvalue weighted by Crippen LogP contribution is -2.42. The van der Waals surface area contributed by atoms with Crippen LogP contribution in [0.5, 0.6) is 0 Å². The number of aliphatic hydroxyl groups is 1. The van der Waals surface area contributed by atoms with Crippen molar-refractivity contribution >= 4 is 0 Å². The van der Waals surface area contributed by atoms with Crippen LogP contribution in [0.2, 0.25) is 0 Å². The molecule has 1 N–H and O–H groups in total. The van der Waals surface area contributed by atoms with Crippen molar-refractivity contribution in [3.63, 3.8) is 0 Å². The van der Waals surface area contributed by atoms with E-state index < -0.39 is 0 Å². The standard InChI is InChI=1S/C11H21NO2/c1-9-3-2-5-12(9)7-10-8-14-6-4-11(10)13/h9-11,13H,2-8H2,1H3. The number of hydrogen-bond donors (Lipinski definition) is 1. The molecule has 3 atom stereocenters. The zero-order chi connectivity index (χ0) is 9.97. The molecule has 14 heavy (non-hydrogen) atoms. The Kier molecular flexibility index (Phi) is 3.42. The number of aliphatic hydroxyl groups excluding tert-OH is 1. The number of hydrogen-bond acceptors (Lipinski definition) is 3. The molecule has 3 unspecified atom stereocenters. The number of likely N-dealkylation sites (tertiary alicyclic amines) is 1. The van der Waals surface area contributed by atoms with Gasteiger partial charge < -0.3 is 14.7 Å². The molecule has 2 rings (SSSR count). The van der Waals surface area contributed by atoms with Gasteiger partial charge in [0.2, 0.25) is 0 Å². The molecular formula is C11H21NO2. The number of ether oxygens (including phenoxy) is 1. The summed E-state index contributed by atoms with van der Waals surface area (Å²) in [5.41, 5.74) is 0. The van der Waals surface area contributed by atoms with Gasteiger partial charge in [0.15, 0.2) is 0 Å². The summed E-state index contributed by atoms with van der Waals surface area (Å²) < 4.78 is 5.41. The molecule has 0 spiro atoms. The molecule has 0 radical (unpaired) electrons. The Balaban J connectivity index is 1.83. The Morgan fingerprint density at radius 1 is 1.43 bits per heavy atom. The molecule has 0 aliphatic carbocycles. The van der Waals surface area contributed by atoms with Crippen molar-refractivity contribution in [1.29, 1.82) is 0 Å². The first kappa shape index (κ1) is 10.4. The average Bonchev–Trinajstić information content (AvgIpc) is 2.56. The van der Waals surface area contributed by atoms with Gasteiger partial charge in [0.1, 0.15) is 0 Å². The molecule has 2 fully saturated rings. The monoisotopic (exact) mass is 199 g/mol. The van der Waals surface area contributed by atoms with Crippen molar-refractivity contribution in [1.82, 2.24) is 4.90 Å². The van der Waals surface area contributed by atoms with Crippen LogP contribution in [0.4, 0.5) is 0 Å².